The molecular formula is C13H17IN2S. The molecular weight excluding hydrogens is 343 g/mol. The molecule has 4 heteroatoms. The Bertz CT molecular complexity index is 396. The highest BCUT2D eigenvalue weighted by molar-refractivity contribution is 14.2. The molecule has 17 heavy (non-hydrogen) atoms. The third-order valence-electron chi connectivity index (χ3n) is 3.43. The van der Waals surface area contributed by atoms with E-state index in [9.17, 15) is 0 Å². The largest absolute Gasteiger partial charge is 0.242 e. The first-order chi connectivity index (χ1) is 8.31. The van der Waals surface area contributed by atoms with Crippen LogP contribution in [0.5, 0.6) is 0 Å². The minimum absolute atomic E-state index is 0.724. The lowest BCUT2D eigenvalue weighted by molar-refractivity contribution is 0.562. The molecule has 2 nitrogen and oxygen atoms in total. The molecule has 1 saturated carbocycles. The second-order valence-electron chi connectivity index (χ2n) is 4.48. The van der Waals surface area contributed by atoms with Gasteiger partial charge in [-0.15, -0.1) is 0 Å². The van der Waals surface area contributed by atoms with Gasteiger partial charge in [0, 0.05) is 36.0 Å². The zero-order chi connectivity index (χ0) is 12.1. The van der Waals surface area contributed by atoms with Crippen LogP contribution in [0.25, 0.3) is 0 Å². The Labute approximate surface area is 119 Å². The zero-order valence-electron chi connectivity index (χ0n) is 9.95. The molecule has 0 radical (unpaired) electrons. The summed E-state index contributed by atoms with van der Waals surface area (Å²) < 4.78 is 0. The monoisotopic (exact) mass is 360 g/mol. The number of rotatable bonds is 3. The van der Waals surface area contributed by atoms with Gasteiger partial charge in [0.15, 0.2) is 0 Å². The van der Waals surface area contributed by atoms with Crippen LogP contribution in [-0.2, 0) is 0 Å². The molecule has 0 bridgehead atoms. The zero-order valence-corrected chi connectivity index (χ0v) is 12.9. The van der Waals surface area contributed by atoms with Crippen LogP contribution in [0.4, 0.5) is 0 Å². The number of hydrogen-bond acceptors (Lipinski definition) is 3. The van der Waals surface area contributed by atoms with Crippen molar-refractivity contribution < 1.29 is 0 Å². The van der Waals surface area contributed by atoms with Gasteiger partial charge < -0.3 is 0 Å². The molecule has 1 aromatic carbocycles. The number of nitrogens with one attached hydrogen (secondary N) is 1. The summed E-state index contributed by atoms with van der Waals surface area (Å²) >= 11 is 2.20. The summed E-state index contributed by atoms with van der Waals surface area (Å²) in [6.07, 6.45) is 4.72. The van der Waals surface area contributed by atoms with Gasteiger partial charge in [0.2, 0.25) is 0 Å². The third-order valence-corrected chi connectivity index (χ3v) is 4.18. The van der Waals surface area contributed by atoms with E-state index in [1.54, 1.807) is 0 Å². The first-order valence-electron chi connectivity index (χ1n) is 5.95. The van der Waals surface area contributed by atoms with Crippen LogP contribution in [0, 0.1) is 6.92 Å². The SMILES string of the molecule is Cc1ccccc1C1CCC(=NNSI)CC1. The number of halogens is 1. The molecule has 2 rings (SSSR count). The predicted octanol–water partition coefficient (Wildman–Crippen LogP) is 4.60. The highest BCUT2D eigenvalue weighted by Gasteiger charge is 2.20. The van der Waals surface area contributed by atoms with Crippen molar-refractivity contribution in [1.29, 1.82) is 0 Å². The number of hydrogen-bond donors (Lipinski definition) is 1. The van der Waals surface area contributed by atoms with Crippen LogP contribution in [0.3, 0.4) is 0 Å². The maximum atomic E-state index is 4.37. The maximum Gasteiger partial charge on any atom is 0.0396 e. The highest BCUT2D eigenvalue weighted by Crippen LogP contribution is 2.33. The van der Waals surface area contributed by atoms with Gasteiger partial charge in [0.1, 0.15) is 0 Å². The summed E-state index contributed by atoms with van der Waals surface area (Å²) in [7, 11) is 1.53. The number of nitrogens with zero attached hydrogens (tertiary/aromatic N) is 1. The Morgan fingerprint density at radius 1 is 1.29 bits per heavy atom. The Balaban J connectivity index is 1.98. The lowest BCUT2D eigenvalue weighted by Crippen LogP contribution is -2.15. The molecule has 1 aliphatic carbocycles. The van der Waals surface area contributed by atoms with Crippen molar-refractivity contribution in [1.82, 2.24) is 4.83 Å². The topological polar surface area (TPSA) is 24.4 Å². The second kappa shape index (κ2) is 6.64. The van der Waals surface area contributed by atoms with Crippen molar-refractivity contribution >= 4 is 36.0 Å². The summed E-state index contributed by atoms with van der Waals surface area (Å²) in [5.74, 6) is 0.724. The molecule has 1 aliphatic rings. The summed E-state index contributed by atoms with van der Waals surface area (Å²) in [4.78, 5) is 2.98. The normalized spacial score (nSPS) is 20.1. The summed E-state index contributed by atoms with van der Waals surface area (Å²) in [5, 5.41) is 4.37. The molecule has 0 heterocycles. The van der Waals surface area contributed by atoms with Crippen molar-refractivity contribution in [2.45, 2.75) is 38.5 Å². The van der Waals surface area contributed by atoms with E-state index >= 15 is 0 Å². The van der Waals surface area contributed by atoms with Crippen LogP contribution in [-0.4, -0.2) is 5.71 Å². The highest BCUT2D eigenvalue weighted by atomic mass is 127. The van der Waals surface area contributed by atoms with Crippen molar-refractivity contribution in [2.75, 3.05) is 0 Å². The number of hydrazone groups is 1. The summed E-state index contributed by atoms with van der Waals surface area (Å²) in [6.45, 7) is 2.22. The lowest BCUT2D eigenvalue weighted by atomic mass is 9.81. The van der Waals surface area contributed by atoms with E-state index in [-0.39, 0.29) is 0 Å². The summed E-state index contributed by atoms with van der Waals surface area (Å²) in [6, 6.07) is 8.77. The average molecular weight is 360 g/mol. The van der Waals surface area contributed by atoms with Gasteiger partial charge in [0.05, 0.1) is 0 Å². The van der Waals surface area contributed by atoms with Gasteiger partial charge in [-0.3, -0.25) is 0 Å². The van der Waals surface area contributed by atoms with Gasteiger partial charge in [-0.1, -0.05) is 24.3 Å². The fraction of sp³-hybridized carbons (Fsp3) is 0.462. The average Bonchev–Trinajstić information content (AvgIpc) is 2.38. The van der Waals surface area contributed by atoms with Gasteiger partial charge in [-0.05, 0) is 49.7 Å². The Kier molecular flexibility index (Phi) is 5.16. The first-order valence-corrected chi connectivity index (χ1v) is 9.30. The van der Waals surface area contributed by atoms with Crippen molar-refractivity contribution in [3.05, 3.63) is 35.4 Å². The van der Waals surface area contributed by atoms with Crippen LogP contribution >= 0.6 is 30.3 Å². The van der Waals surface area contributed by atoms with Crippen molar-refractivity contribution in [3.63, 3.8) is 0 Å². The molecule has 0 saturated heterocycles. The smallest absolute Gasteiger partial charge is 0.0396 e. The van der Waals surface area contributed by atoms with Crippen LogP contribution in [0.2, 0.25) is 0 Å². The molecule has 1 fully saturated rings. The predicted molar refractivity (Wildman–Crippen MR) is 84.6 cm³/mol. The van der Waals surface area contributed by atoms with Crippen LogP contribution < -0.4 is 4.83 Å². The minimum Gasteiger partial charge on any atom is -0.242 e. The van der Waals surface area contributed by atoms with Gasteiger partial charge in [-0.2, -0.15) is 5.10 Å². The van der Waals surface area contributed by atoms with E-state index in [0.29, 0.717) is 0 Å². The third kappa shape index (κ3) is 3.61. The molecule has 0 atom stereocenters. The quantitative estimate of drug-likeness (QED) is 0.484. The van der Waals surface area contributed by atoms with E-state index in [0.717, 1.165) is 18.8 Å². The van der Waals surface area contributed by atoms with Crippen LogP contribution in [0.1, 0.15) is 42.7 Å². The minimum atomic E-state index is 0.724. The van der Waals surface area contributed by atoms with E-state index in [4.69, 9.17) is 0 Å². The van der Waals surface area contributed by atoms with Gasteiger partial charge in [-0.25, -0.2) is 4.83 Å². The molecule has 0 amide bonds. The lowest BCUT2D eigenvalue weighted by Gasteiger charge is -2.24. The molecule has 1 aromatic rings. The Morgan fingerprint density at radius 3 is 2.65 bits per heavy atom. The fourth-order valence-electron chi connectivity index (χ4n) is 2.50. The molecule has 92 valence electrons. The number of benzene rings is 1. The van der Waals surface area contributed by atoms with E-state index in [2.05, 4.69) is 62.3 Å². The first kappa shape index (κ1) is 13.2. The molecule has 0 unspecified atom stereocenters. The summed E-state index contributed by atoms with van der Waals surface area (Å²) in [5.41, 5.74) is 4.28. The van der Waals surface area contributed by atoms with Gasteiger partial charge in [0.25, 0.3) is 0 Å². The van der Waals surface area contributed by atoms with Crippen molar-refractivity contribution in [3.8, 4) is 0 Å². The fourth-order valence-corrected chi connectivity index (χ4v) is 2.96. The van der Waals surface area contributed by atoms with Crippen molar-refractivity contribution in [2.24, 2.45) is 5.10 Å². The van der Waals surface area contributed by atoms with Crippen LogP contribution in [0.15, 0.2) is 29.4 Å². The van der Waals surface area contributed by atoms with Gasteiger partial charge >= 0.3 is 0 Å². The molecule has 1 N–H and O–H groups in total. The molecule has 0 spiro atoms. The molecule has 0 aromatic heterocycles. The Hall–Kier alpha value is -0.230. The standard InChI is InChI=1S/C13H17IN2S/c1-10-4-2-3-5-13(10)11-6-8-12(9-7-11)15-16-17-14/h2-5,11,16H,6-9H2,1H3. The van der Waals surface area contributed by atoms with E-state index in [1.807, 2.05) is 0 Å². The number of aryl methyl sites for hydroxylation is 1. The van der Waals surface area contributed by atoms with E-state index in [1.165, 1.54) is 38.8 Å². The maximum absolute atomic E-state index is 4.37. The van der Waals surface area contributed by atoms with E-state index < -0.39 is 0 Å². The molecule has 0 aliphatic heterocycles. The second-order valence-corrected chi connectivity index (χ2v) is 6.14. The Morgan fingerprint density at radius 2 is 2.00 bits per heavy atom.